The number of hydrogen-bond acceptors (Lipinski definition) is 21. The standard InChI is InChI=1S/C53H86O22/c1-10-22(2)44(68)71-30-18-48(3,4)17-24-23-11-12-28-50(7)15-14-29(49(5,6)27(50)13-16-51(28,8)52(23,9)41(64)42(65)53(24,30)21-56)72-47-40(75-46-36(62)34(60)32(58)26(20-55)70-46)38(37(63)39(74-47)43(66)67)73-45-35(61)33(59)31(57)25(19-54)69-45/h11,22,24-42,45-47,54-65H,10,12-21H2,1-9H3,(H,66,67)/t22-,24-,25+,26+,27-,28+,29-,30-,31-,32+,33-,34-,35+,36+,37-,38-,39-,40+,41-,42+,45-,46-,47+,50-,51+,52-,53+/m0/s1. The monoisotopic (exact) mass is 1070 g/mol. The molecule has 27 atom stereocenters. The smallest absolute Gasteiger partial charge is 0.335 e. The van der Waals surface area contributed by atoms with Crippen molar-refractivity contribution < 1.29 is 109 Å². The molecule has 3 saturated heterocycles. The Morgan fingerprint density at radius 3 is 1.77 bits per heavy atom. The van der Waals surface area contributed by atoms with E-state index in [-0.39, 0.29) is 17.3 Å². The second-order valence-corrected chi connectivity index (χ2v) is 25.5. The van der Waals surface area contributed by atoms with Crippen LogP contribution in [0.25, 0.3) is 0 Å². The number of aliphatic hydroxyl groups excluding tert-OH is 12. The van der Waals surface area contributed by atoms with E-state index >= 15 is 0 Å². The van der Waals surface area contributed by atoms with Crippen LogP contribution in [-0.2, 0) is 42.7 Å². The third-order valence-electron chi connectivity index (χ3n) is 20.8. The normalized spacial score (nSPS) is 51.7. The van der Waals surface area contributed by atoms with Crippen molar-refractivity contribution in [2.24, 2.45) is 56.2 Å². The van der Waals surface area contributed by atoms with Crippen LogP contribution in [0.2, 0.25) is 0 Å². The average Bonchev–Trinajstić information content (AvgIpc) is 3.35. The van der Waals surface area contributed by atoms with Gasteiger partial charge in [0.1, 0.15) is 73.2 Å². The molecule has 7 fully saturated rings. The fourth-order valence-corrected chi connectivity index (χ4v) is 16.0. The second-order valence-electron chi connectivity index (χ2n) is 25.5. The number of ether oxygens (including phenoxy) is 7. The Morgan fingerprint density at radius 2 is 1.24 bits per heavy atom. The molecule has 0 unspecified atom stereocenters. The van der Waals surface area contributed by atoms with E-state index in [4.69, 9.17) is 33.2 Å². The highest BCUT2D eigenvalue weighted by atomic mass is 16.8. The van der Waals surface area contributed by atoms with Gasteiger partial charge in [-0.1, -0.05) is 74.0 Å². The predicted octanol–water partition coefficient (Wildman–Crippen LogP) is -0.784. The van der Waals surface area contributed by atoms with Crippen LogP contribution in [0.15, 0.2) is 11.6 Å². The van der Waals surface area contributed by atoms with E-state index < -0.39 is 187 Å². The molecule has 0 aromatic carbocycles. The van der Waals surface area contributed by atoms with Crippen LogP contribution in [0, 0.1) is 56.2 Å². The van der Waals surface area contributed by atoms with E-state index in [9.17, 15) is 76.0 Å². The molecule has 3 aliphatic heterocycles. The second kappa shape index (κ2) is 21.1. The van der Waals surface area contributed by atoms with E-state index in [1.165, 1.54) is 0 Å². The van der Waals surface area contributed by atoms with Crippen molar-refractivity contribution in [3.05, 3.63) is 11.6 Å². The first-order chi connectivity index (χ1) is 35.0. The number of carboxylic acids is 1. The molecule has 0 aromatic heterocycles. The molecule has 0 aromatic rings. The summed E-state index contributed by atoms with van der Waals surface area (Å²) in [7, 11) is 0. The fraction of sp³-hybridized carbons (Fsp3) is 0.925. The van der Waals surface area contributed by atoms with Gasteiger partial charge in [-0.25, -0.2) is 4.79 Å². The van der Waals surface area contributed by atoms with E-state index in [0.29, 0.717) is 51.4 Å². The maximum atomic E-state index is 13.5. The van der Waals surface area contributed by atoms with Crippen molar-refractivity contribution in [3.63, 3.8) is 0 Å². The van der Waals surface area contributed by atoms with Crippen LogP contribution in [0.3, 0.4) is 0 Å². The van der Waals surface area contributed by atoms with E-state index in [1.54, 1.807) is 6.92 Å². The Hall–Kier alpha value is -2.04. The summed E-state index contributed by atoms with van der Waals surface area (Å²) < 4.78 is 42.7. The lowest BCUT2D eigenvalue weighted by Crippen LogP contribution is -2.74. The number of aliphatic hydroxyl groups is 12. The van der Waals surface area contributed by atoms with E-state index in [1.807, 2.05) is 27.7 Å². The van der Waals surface area contributed by atoms with Gasteiger partial charge in [0.05, 0.1) is 49.5 Å². The van der Waals surface area contributed by atoms with Crippen molar-refractivity contribution in [1.29, 1.82) is 0 Å². The zero-order chi connectivity index (χ0) is 55.4. The zero-order valence-corrected chi connectivity index (χ0v) is 44.6. The van der Waals surface area contributed by atoms with E-state index in [0.717, 1.165) is 5.57 Å². The Balaban J connectivity index is 1.12. The van der Waals surface area contributed by atoms with Gasteiger partial charge in [-0.2, -0.15) is 0 Å². The lowest BCUT2D eigenvalue weighted by atomic mass is 9.32. The van der Waals surface area contributed by atoms with Gasteiger partial charge in [-0.05, 0) is 90.8 Å². The van der Waals surface area contributed by atoms with Crippen LogP contribution in [0.4, 0.5) is 0 Å². The Morgan fingerprint density at radius 1 is 0.667 bits per heavy atom. The molecule has 5 aliphatic carbocycles. The third kappa shape index (κ3) is 9.27. The molecule has 0 radical (unpaired) electrons. The summed E-state index contributed by atoms with van der Waals surface area (Å²) in [6.07, 6.45) is -26.2. The topological polar surface area (TPSA) is 362 Å². The lowest BCUT2D eigenvalue weighted by molar-refractivity contribution is -0.396. The molecule has 0 spiro atoms. The van der Waals surface area contributed by atoms with Gasteiger partial charge in [-0.15, -0.1) is 0 Å². The van der Waals surface area contributed by atoms with E-state index in [2.05, 4.69) is 33.8 Å². The van der Waals surface area contributed by atoms with Gasteiger partial charge >= 0.3 is 11.9 Å². The molecular formula is C53H86O22. The first-order valence-corrected chi connectivity index (χ1v) is 27.0. The molecule has 8 aliphatic rings. The molecule has 4 saturated carbocycles. The molecular weight excluding hydrogens is 989 g/mol. The first kappa shape index (κ1) is 59.1. The number of carbonyl (C=O) groups is 2. The summed E-state index contributed by atoms with van der Waals surface area (Å²) >= 11 is 0. The summed E-state index contributed by atoms with van der Waals surface area (Å²) in [4.78, 5) is 26.4. The quantitative estimate of drug-likeness (QED) is 0.0611. The maximum Gasteiger partial charge on any atom is 0.335 e. The van der Waals surface area contributed by atoms with Crippen LogP contribution in [0.5, 0.6) is 0 Å². The highest BCUT2D eigenvalue weighted by Gasteiger charge is 2.75. The van der Waals surface area contributed by atoms with Crippen molar-refractivity contribution in [1.82, 2.24) is 0 Å². The summed E-state index contributed by atoms with van der Waals surface area (Å²) in [6, 6.07) is 0. The van der Waals surface area contributed by atoms with Crippen LogP contribution < -0.4 is 0 Å². The molecule has 8 rings (SSSR count). The lowest BCUT2D eigenvalue weighted by Gasteiger charge is -2.73. The minimum atomic E-state index is -2.17. The number of carbonyl (C=O) groups excluding carboxylic acids is 1. The minimum absolute atomic E-state index is 0.0760. The van der Waals surface area contributed by atoms with Crippen LogP contribution in [0.1, 0.15) is 114 Å². The largest absolute Gasteiger partial charge is 0.479 e. The van der Waals surface area contributed by atoms with Crippen LogP contribution >= 0.6 is 0 Å². The number of fused-ring (bicyclic) bond motifs is 7. The molecule has 22 nitrogen and oxygen atoms in total. The number of allylic oxidation sites excluding steroid dienone is 1. The fourth-order valence-electron chi connectivity index (χ4n) is 16.0. The van der Waals surface area contributed by atoms with Gasteiger partial charge in [0.25, 0.3) is 0 Å². The van der Waals surface area contributed by atoms with Crippen molar-refractivity contribution in [2.45, 2.75) is 230 Å². The van der Waals surface area contributed by atoms with Gasteiger partial charge in [-0.3, -0.25) is 4.79 Å². The Kier molecular flexibility index (Phi) is 16.6. The molecule has 0 amide bonds. The summed E-state index contributed by atoms with van der Waals surface area (Å²) in [5, 5.41) is 144. The number of hydrogen-bond donors (Lipinski definition) is 13. The summed E-state index contributed by atoms with van der Waals surface area (Å²) in [6.45, 7) is 16.2. The number of carboxylic acid groups (broad SMARTS) is 1. The van der Waals surface area contributed by atoms with Gasteiger partial charge < -0.3 is 99.5 Å². The van der Waals surface area contributed by atoms with Crippen molar-refractivity contribution in [3.8, 4) is 0 Å². The molecule has 430 valence electrons. The van der Waals surface area contributed by atoms with Gasteiger partial charge in [0.2, 0.25) is 0 Å². The maximum absolute atomic E-state index is 13.5. The van der Waals surface area contributed by atoms with Crippen molar-refractivity contribution in [2.75, 3.05) is 19.8 Å². The third-order valence-corrected chi connectivity index (χ3v) is 20.8. The highest BCUT2D eigenvalue weighted by molar-refractivity contribution is 5.73. The van der Waals surface area contributed by atoms with Gasteiger partial charge in [0, 0.05) is 5.41 Å². The number of rotatable bonds is 13. The summed E-state index contributed by atoms with van der Waals surface area (Å²) in [5.41, 5.74) is -3.58. The van der Waals surface area contributed by atoms with Crippen molar-refractivity contribution >= 4 is 11.9 Å². The Labute approximate surface area is 437 Å². The molecule has 0 bridgehead atoms. The molecule has 75 heavy (non-hydrogen) atoms. The zero-order valence-electron chi connectivity index (χ0n) is 44.6. The first-order valence-electron chi connectivity index (χ1n) is 27.0. The summed E-state index contributed by atoms with van der Waals surface area (Å²) in [5.74, 6) is -3.10. The predicted molar refractivity (Wildman–Crippen MR) is 258 cm³/mol. The number of aliphatic carboxylic acids is 1. The molecule has 13 N–H and O–H groups in total. The molecule has 22 heteroatoms. The number of esters is 1. The SMILES string of the molecule is CC[C@H](C)C(=O)O[C@H]1CC(C)(C)C[C@H]2C3=CC[C@@H]4[C@@]5(C)CC[C@H](O[C@@H]6O[C@H](C(=O)O)[C@@H](O)[C@H](O[C@@H]7O[C@H](CO)[C@H](O)[C@H](O)[C@H]7O)[C@H]6O[C@@H]6O[C@H](CO)[C@@H](O)[C@H](O)[C@H]6O)C(C)(C)[C@@H]5CC[C@@]4(C)[C@]3(C)[C@@H](O)[C@@H](O)[C@@]12CO. The molecule has 3 heterocycles. The highest BCUT2D eigenvalue weighted by Crippen LogP contribution is 2.76. The van der Waals surface area contributed by atoms with Gasteiger partial charge in [0.15, 0.2) is 25.0 Å². The Bertz CT molecular complexity index is 2090. The van der Waals surface area contributed by atoms with Crippen LogP contribution in [-0.4, -0.2) is 215 Å². The minimum Gasteiger partial charge on any atom is -0.479 e. The average molecular weight is 1080 g/mol.